The van der Waals surface area contributed by atoms with E-state index in [1.54, 1.807) is 0 Å². The summed E-state index contributed by atoms with van der Waals surface area (Å²) in [6.07, 6.45) is 1.37. The highest BCUT2D eigenvalue weighted by atomic mass is 16.1. The van der Waals surface area contributed by atoms with Crippen molar-refractivity contribution in [2.24, 2.45) is 0 Å². The Morgan fingerprint density at radius 2 is 2.18 bits per heavy atom. The maximum absolute atomic E-state index is 11.6. The molecule has 2 aromatic rings. The number of para-hydroxylation sites is 1. The summed E-state index contributed by atoms with van der Waals surface area (Å²) in [5, 5.41) is 11.1. The van der Waals surface area contributed by atoms with Crippen molar-refractivity contribution in [3.05, 3.63) is 36.3 Å². The number of carbonyl (C=O) groups is 1. The van der Waals surface area contributed by atoms with Crippen LogP contribution in [0.2, 0.25) is 0 Å². The van der Waals surface area contributed by atoms with E-state index >= 15 is 0 Å². The van der Waals surface area contributed by atoms with Crippen molar-refractivity contribution in [3.8, 4) is 11.3 Å². The molecule has 0 bridgehead atoms. The van der Waals surface area contributed by atoms with Crippen LogP contribution < -0.4 is 5.32 Å². The minimum atomic E-state index is -0.435. The van der Waals surface area contributed by atoms with Crippen LogP contribution in [-0.4, -0.2) is 21.0 Å². The first-order valence-corrected chi connectivity index (χ1v) is 5.31. The smallest absolute Gasteiger partial charge is 0.158 e. The van der Waals surface area contributed by atoms with E-state index in [-0.39, 0.29) is 5.78 Å². The molecule has 5 heteroatoms. The van der Waals surface area contributed by atoms with Gasteiger partial charge in [-0.1, -0.05) is 18.2 Å². The summed E-state index contributed by atoms with van der Waals surface area (Å²) >= 11 is 0. The van der Waals surface area contributed by atoms with Crippen molar-refractivity contribution < 1.29 is 4.79 Å². The molecule has 1 N–H and O–H groups in total. The van der Waals surface area contributed by atoms with Crippen molar-refractivity contribution in [2.75, 3.05) is 5.32 Å². The predicted octanol–water partition coefficient (Wildman–Crippen LogP) is 1.59. The van der Waals surface area contributed by atoms with Crippen molar-refractivity contribution in [2.45, 2.75) is 13.0 Å². The fourth-order valence-corrected chi connectivity index (χ4v) is 2.02. The second-order valence-corrected chi connectivity index (χ2v) is 3.93. The van der Waals surface area contributed by atoms with Crippen LogP contribution in [0.3, 0.4) is 0 Å². The van der Waals surface area contributed by atoms with Crippen LogP contribution in [0.25, 0.3) is 11.3 Å². The summed E-state index contributed by atoms with van der Waals surface area (Å²) in [5.41, 5.74) is 3.15. The molecule has 1 aliphatic rings. The van der Waals surface area contributed by atoms with Crippen LogP contribution in [0, 0.1) is 0 Å². The van der Waals surface area contributed by atoms with E-state index in [0.29, 0.717) is 11.4 Å². The zero-order chi connectivity index (χ0) is 11.8. The second kappa shape index (κ2) is 3.62. The largest absolute Gasteiger partial charge is 0.370 e. The lowest BCUT2D eigenvalue weighted by molar-refractivity contribution is -0.117. The number of anilines is 1. The molecule has 2 heterocycles. The van der Waals surface area contributed by atoms with Crippen LogP contribution in [0.5, 0.6) is 0 Å². The van der Waals surface area contributed by atoms with Crippen LogP contribution in [-0.2, 0) is 4.79 Å². The van der Waals surface area contributed by atoms with Gasteiger partial charge in [0.15, 0.2) is 5.78 Å². The number of nitrogens with one attached hydrogen (secondary N) is 1. The first kappa shape index (κ1) is 9.89. The van der Waals surface area contributed by atoms with Crippen LogP contribution >= 0.6 is 0 Å². The standard InChI is InChI=1S/C12H10N4O/c1-7(17)10-12-11(16-14-6-13-12)8-4-2-3-5-9(8)15-10/h2-6,10,15H,1H3. The van der Waals surface area contributed by atoms with E-state index in [2.05, 4.69) is 20.5 Å². The fraction of sp³-hybridized carbons (Fsp3) is 0.167. The number of hydrogen-bond donors (Lipinski definition) is 1. The lowest BCUT2D eigenvalue weighted by Crippen LogP contribution is -2.25. The number of ketones is 1. The Morgan fingerprint density at radius 1 is 1.35 bits per heavy atom. The molecule has 1 aromatic heterocycles. The molecular formula is C12H10N4O. The maximum atomic E-state index is 11.6. The molecule has 0 spiro atoms. The number of nitrogens with zero attached hydrogens (tertiary/aromatic N) is 3. The molecule has 17 heavy (non-hydrogen) atoms. The molecule has 0 amide bonds. The van der Waals surface area contributed by atoms with E-state index < -0.39 is 6.04 Å². The van der Waals surface area contributed by atoms with Crippen LogP contribution in [0.15, 0.2) is 30.6 Å². The van der Waals surface area contributed by atoms with E-state index in [0.717, 1.165) is 11.3 Å². The quantitative estimate of drug-likeness (QED) is 0.799. The van der Waals surface area contributed by atoms with Gasteiger partial charge in [-0.15, -0.1) is 10.2 Å². The summed E-state index contributed by atoms with van der Waals surface area (Å²) in [6, 6.07) is 7.26. The summed E-state index contributed by atoms with van der Waals surface area (Å²) in [6.45, 7) is 1.54. The topological polar surface area (TPSA) is 67.8 Å². The number of Topliss-reactive ketones (excluding diaryl/α,β-unsaturated/α-hetero) is 1. The highest BCUT2D eigenvalue weighted by Gasteiger charge is 2.29. The minimum Gasteiger partial charge on any atom is -0.370 e. The van der Waals surface area contributed by atoms with Gasteiger partial charge in [-0.3, -0.25) is 4.79 Å². The third kappa shape index (κ3) is 1.47. The lowest BCUT2D eigenvalue weighted by atomic mass is 9.96. The van der Waals surface area contributed by atoms with Gasteiger partial charge < -0.3 is 5.32 Å². The van der Waals surface area contributed by atoms with E-state index in [1.165, 1.54) is 13.3 Å². The molecule has 5 nitrogen and oxygen atoms in total. The van der Waals surface area contributed by atoms with E-state index in [9.17, 15) is 4.79 Å². The minimum absolute atomic E-state index is 0.0150. The van der Waals surface area contributed by atoms with Crippen molar-refractivity contribution >= 4 is 11.5 Å². The molecule has 1 aromatic carbocycles. The van der Waals surface area contributed by atoms with Crippen LogP contribution in [0.1, 0.15) is 18.7 Å². The molecule has 0 radical (unpaired) electrons. The zero-order valence-electron chi connectivity index (χ0n) is 9.21. The van der Waals surface area contributed by atoms with Crippen molar-refractivity contribution in [3.63, 3.8) is 0 Å². The first-order valence-electron chi connectivity index (χ1n) is 5.31. The Kier molecular flexibility index (Phi) is 2.11. The van der Waals surface area contributed by atoms with Gasteiger partial charge >= 0.3 is 0 Å². The van der Waals surface area contributed by atoms with Gasteiger partial charge in [0.05, 0.1) is 0 Å². The first-order chi connectivity index (χ1) is 8.27. The lowest BCUT2D eigenvalue weighted by Gasteiger charge is -2.25. The van der Waals surface area contributed by atoms with Gasteiger partial charge in [-0.2, -0.15) is 0 Å². The molecular weight excluding hydrogens is 216 g/mol. The summed E-state index contributed by atoms with van der Waals surface area (Å²) in [4.78, 5) is 15.8. The Balaban J connectivity index is 2.26. The Hall–Kier alpha value is -2.30. The SMILES string of the molecule is CC(=O)C1Nc2ccccc2-c2nncnc21. The van der Waals surface area contributed by atoms with Crippen molar-refractivity contribution in [1.29, 1.82) is 0 Å². The van der Waals surface area contributed by atoms with Gasteiger partial charge in [-0.25, -0.2) is 4.98 Å². The number of aromatic nitrogens is 3. The van der Waals surface area contributed by atoms with E-state index in [1.807, 2.05) is 24.3 Å². The number of benzene rings is 1. The third-order valence-corrected chi connectivity index (χ3v) is 2.81. The number of hydrogen-bond acceptors (Lipinski definition) is 5. The Morgan fingerprint density at radius 3 is 3.00 bits per heavy atom. The van der Waals surface area contributed by atoms with Gasteiger partial charge in [0.2, 0.25) is 0 Å². The van der Waals surface area contributed by atoms with Gasteiger partial charge in [0, 0.05) is 11.3 Å². The summed E-state index contributed by atoms with van der Waals surface area (Å²) in [5.74, 6) is 0.0150. The van der Waals surface area contributed by atoms with Gasteiger partial charge in [0.25, 0.3) is 0 Å². The molecule has 1 aliphatic heterocycles. The zero-order valence-corrected chi connectivity index (χ0v) is 9.21. The summed E-state index contributed by atoms with van der Waals surface area (Å²) in [7, 11) is 0. The average molecular weight is 226 g/mol. The number of carbonyl (C=O) groups excluding carboxylic acids is 1. The van der Waals surface area contributed by atoms with Crippen molar-refractivity contribution in [1.82, 2.24) is 15.2 Å². The Bertz CT molecular complexity index is 597. The summed E-state index contributed by atoms with van der Waals surface area (Å²) < 4.78 is 0. The Labute approximate surface area is 97.9 Å². The molecule has 3 rings (SSSR count). The molecule has 0 saturated heterocycles. The van der Waals surface area contributed by atoms with E-state index in [4.69, 9.17) is 0 Å². The molecule has 1 atom stereocenters. The molecule has 1 unspecified atom stereocenters. The highest BCUT2D eigenvalue weighted by molar-refractivity contribution is 5.92. The monoisotopic (exact) mass is 226 g/mol. The number of fused-ring (bicyclic) bond motifs is 3. The molecule has 84 valence electrons. The van der Waals surface area contributed by atoms with Gasteiger partial charge in [0.1, 0.15) is 23.8 Å². The number of rotatable bonds is 1. The molecule has 0 aliphatic carbocycles. The second-order valence-electron chi connectivity index (χ2n) is 3.93. The molecule has 0 fully saturated rings. The highest BCUT2D eigenvalue weighted by Crippen LogP contribution is 2.37. The van der Waals surface area contributed by atoms with Crippen LogP contribution in [0.4, 0.5) is 5.69 Å². The normalized spacial score (nSPS) is 16.6. The third-order valence-electron chi connectivity index (χ3n) is 2.81. The average Bonchev–Trinajstić information content (AvgIpc) is 2.37. The van der Waals surface area contributed by atoms with Gasteiger partial charge in [-0.05, 0) is 13.0 Å². The fourth-order valence-electron chi connectivity index (χ4n) is 2.02. The predicted molar refractivity (Wildman–Crippen MR) is 62.3 cm³/mol. The molecule has 0 saturated carbocycles. The maximum Gasteiger partial charge on any atom is 0.158 e.